The van der Waals surface area contributed by atoms with Gasteiger partial charge in [-0.3, -0.25) is 5.43 Å². The molecule has 2 rings (SSSR count). The Hall–Kier alpha value is -1.47. The van der Waals surface area contributed by atoms with Crippen molar-refractivity contribution in [2.45, 2.75) is 0 Å². The molecule has 1 heterocycles. The maximum Gasteiger partial charge on any atom is 0.205 e. The van der Waals surface area contributed by atoms with Crippen LogP contribution in [-0.4, -0.2) is 11.2 Å². The van der Waals surface area contributed by atoms with Gasteiger partial charge in [0.15, 0.2) is 0 Å². The molecule has 0 amide bonds. The monoisotopic (exact) mass is 314 g/mol. The van der Waals surface area contributed by atoms with Gasteiger partial charge in [-0.1, -0.05) is 15.9 Å². The molecule has 88 valence electrons. The molecule has 2 aromatic rings. The molecule has 0 saturated heterocycles. The molecule has 0 unspecified atom stereocenters. The predicted molar refractivity (Wildman–Crippen MR) is 71.8 cm³/mol. The van der Waals surface area contributed by atoms with Gasteiger partial charge in [0.25, 0.3) is 0 Å². The second-order valence-electron chi connectivity index (χ2n) is 3.11. The van der Waals surface area contributed by atoms with E-state index in [-0.39, 0.29) is 5.82 Å². The van der Waals surface area contributed by atoms with E-state index in [0.717, 1.165) is 5.56 Å². The Balaban J connectivity index is 2.05. The summed E-state index contributed by atoms with van der Waals surface area (Å²) in [6, 6.07) is 4.37. The summed E-state index contributed by atoms with van der Waals surface area (Å²) in [5.41, 5.74) is 8.97. The van der Waals surface area contributed by atoms with Gasteiger partial charge in [0.05, 0.1) is 6.21 Å². The number of rotatable bonds is 3. The zero-order chi connectivity index (χ0) is 12.3. The Labute approximate surface area is 110 Å². The summed E-state index contributed by atoms with van der Waals surface area (Å²) in [7, 11) is 0. The number of nitrogens with zero attached hydrogens (tertiary/aromatic N) is 2. The van der Waals surface area contributed by atoms with E-state index in [9.17, 15) is 4.39 Å². The van der Waals surface area contributed by atoms with Crippen LogP contribution in [0.3, 0.4) is 0 Å². The number of nitrogens with two attached hydrogens (primary N) is 1. The van der Waals surface area contributed by atoms with Gasteiger partial charge >= 0.3 is 0 Å². The molecular formula is C10H8BrFN4S. The average molecular weight is 315 g/mol. The summed E-state index contributed by atoms with van der Waals surface area (Å²) in [5, 5.41) is 6.30. The normalized spacial score (nSPS) is 10.9. The lowest BCUT2D eigenvalue weighted by molar-refractivity contribution is 0.627. The van der Waals surface area contributed by atoms with Crippen LogP contribution in [-0.2, 0) is 0 Å². The molecule has 4 nitrogen and oxygen atoms in total. The van der Waals surface area contributed by atoms with E-state index in [0.29, 0.717) is 15.4 Å². The Bertz CT molecular complexity index is 555. The van der Waals surface area contributed by atoms with Crippen molar-refractivity contribution in [1.82, 2.24) is 4.98 Å². The number of anilines is 2. The van der Waals surface area contributed by atoms with Gasteiger partial charge in [-0.15, -0.1) is 11.3 Å². The van der Waals surface area contributed by atoms with Gasteiger partial charge in [-0.05, 0) is 18.2 Å². The van der Waals surface area contributed by atoms with Crippen LogP contribution in [0.15, 0.2) is 33.2 Å². The Morgan fingerprint density at radius 2 is 2.35 bits per heavy atom. The third kappa shape index (κ3) is 3.24. The number of aromatic nitrogens is 1. The molecule has 0 aliphatic heterocycles. The second-order valence-corrected chi connectivity index (χ2v) is 4.83. The van der Waals surface area contributed by atoms with Crippen LogP contribution in [0.5, 0.6) is 0 Å². The van der Waals surface area contributed by atoms with Gasteiger partial charge in [0.1, 0.15) is 11.6 Å². The Morgan fingerprint density at radius 1 is 1.53 bits per heavy atom. The molecule has 0 aliphatic carbocycles. The summed E-state index contributed by atoms with van der Waals surface area (Å²) < 4.78 is 13.5. The second kappa shape index (κ2) is 5.24. The van der Waals surface area contributed by atoms with Crippen molar-refractivity contribution < 1.29 is 4.39 Å². The summed E-state index contributed by atoms with van der Waals surface area (Å²) in [6.07, 6.45) is 1.57. The van der Waals surface area contributed by atoms with E-state index in [2.05, 4.69) is 31.4 Å². The zero-order valence-corrected chi connectivity index (χ0v) is 10.9. The molecule has 0 aliphatic rings. The molecule has 0 bridgehead atoms. The molecule has 17 heavy (non-hydrogen) atoms. The Morgan fingerprint density at radius 3 is 3.00 bits per heavy atom. The van der Waals surface area contributed by atoms with Crippen LogP contribution >= 0.6 is 27.3 Å². The predicted octanol–water partition coefficient (Wildman–Crippen LogP) is 3.07. The van der Waals surface area contributed by atoms with Crippen molar-refractivity contribution in [3.63, 3.8) is 0 Å². The zero-order valence-electron chi connectivity index (χ0n) is 8.52. The van der Waals surface area contributed by atoms with E-state index >= 15 is 0 Å². The Kier molecular flexibility index (Phi) is 3.70. The topological polar surface area (TPSA) is 63.3 Å². The molecule has 0 atom stereocenters. The fourth-order valence-corrected chi connectivity index (χ4v) is 2.10. The summed E-state index contributed by atoms with van der Waals surface area (Å²) in [4.78, 5) is 3.98. The fraction of sp³-hybridized carbons (Fsp3) is 0. The standard InChI is InChI=1S/C10H8BrFN4S/c11-8-3-7(12)2-1-6(8)4-14-16-10-15-9(13)5-17-10/h1-5H,13H2,(H,15,16). The van der Waals surface area contributed by atoms with E-state index in [1.165, 1.54) is 23.5 Å². The first-order valence-electron chi connectivity index (χ1n) is 4.60. The molecular weight excluding hydrogens is 307 g/mol. The van der Waals surface area contributed by atoms with Crippen molar-refractivity contribution in [3.8, 4) is 0 Å². The molecule has 0 saturated carbocycles. The minimum Gasteiger partial charge on any atom is -0.383 e. The molecule has 0 spiro atoms. The smallest absolute Gasteiger partial charge is 0.205 e. The molecule has 0 fully saturated rings. The van der Waals surface area contributed by atoms with E-state index < -0.39 is 0 Å². The molecule has 0 radical (unpaired) electrons. The van der Waals surface area contributed by atoms with E-state index in [1.807, 2.05) is 0 Å². The number of benzene rings is 1. The number of thiazole rings is 1. The first-order valence-corrected chi connectivity index (χ1v) is 6.27. The van der Waals surface area contributed by atoms with Crippen LogP contribution in [0, 0.1) is 5.82 Å². The third-order valence-electron chi connectivity index (χ3n) is 1.85. The van der Waals surface area contributed by atoms with Gasteiger partial charge in [0, 0.05) is 15.4 Å². The van der Waals surface area contributed by atoms with Gasteiger partial charge in [0.2, 0.25) is 5.13 Å². The lowest BCUT2D eigenvalue weighted by Crippen LogP contribution is -1.92. The average Bonchev–Trinajstić information content (AvgIpc) is 2.68. The highest BCUT2D eigenvalue weighted by Crippen LogP contribution is 2.18. The lowest BCUT2D eigenvalue weighted by Gasteiger charge is -1.98. The third-order valence-corrected chi connectivity index (χ3v) is 3.30. The van der Waals surface area contributed by atoms with Crippen molar-refractivity contribution in [3.05, 3.63) is 39.4 Å². The highest BCUT2D eigenvalue weighted by Gasteiger charge is 1.99. The minimum atomic E-state index is -0.297. The number of nitrogen functional groups attached to an aromatic ring is 1. The van der Waals surface area contributed by atoms with Gasteiger partial charge < -0.3 is 5.73 Å². The van der Waals surface area contributed by atoms with E-state index in [4.69, 9.17) is 5.73 Å². The number of hydrogen-bond donors (Lipinski definition) is 2. The van der Waals surface area contributed by atoms with Crippen LogP contribution in [0.1, 0.15) is 5.56 Å². The minimum absolute atomic E-state index is 0.297. The lowest BCUT2D eigenvalue weighted by atomic mass is 10.2. The van der Waals surface area contributed by atoms with Gasteiger partial charge in [-0.2, -0.15) is 5.10 Å². The largest absolute Gasteiger partial charge is 0.383 e. The van der Waals surface area contributed by atoms with Crippen molar-refractivity contribution in [1.29, 1.82) is 0 Å². The summed E-state index contributed by atoms with van der Waals surface area (Å²) >= 11 is 4.60. The van der Waals surface area contributed by atoms with Crippen LogP contribution in [0.25, 0.3) is 0 Å². The van der Waals surface area contributed by atoms with Crippen LogP contribution in [0.2, 0.25) is 0 Å². The number of halogens is 2. The number of hydrogen-bond acceptors (Lipinski definition) is 5. The maximum atomic E-state index is 12.8. The van der Waals surface area contributed by atoms with E-state index in [1.54, 1.807) is 17.7 Å². The molecule has 1 aromatic heterocycles. The highest BCUT2D eigenvalue weighted by molar-refractivity contribution is 9.10. The summed E-state index contributed by atoms with van der Waals surface area (Å²) in [6.45, 7) is 0. The van der Waals surface area contributed by atoms with Crippen LogP contribution < -0.4 is 11.2 Å². The van der Waals surface area contributed by atoms with Crippen molar-refractivity contribution in [2.24, 2.45) is 5.10 Å². The SMILES string of the molecule is Nc1csc(NN=Cc2ccc(F)cc2Br)n1. The van der Waals surface area contributed by atoms with Crippen molar-refractivity contribution >= 4 is 44.4 Å². The van der Waals surface area contributed by atoms with Crippen LogP contribution in [0.4, 0.5) is 15.3 Å². The fourth-order valence-electron chi connectivity index (χ4n) is 1.10. The maximum absolute atomic E-state index is 12.8. The van der Waals surface area contributed by atoms with Crippen molar-refractivity contribution in [2.75, 3.05) is 11.2 Å². The quantitative estimate of drug-likeness (QED) is 0.676. The summed E-state index contributed by atoms with van der Waals surface area (Å²) in [5.74, 6) is 0.158. The molecule has 1 aromatic carbocycles. The first kappa shape index (κ1) is 12.0. The highest BCUT2D eigenvalue weighted by atomic mass is 79.9. The van der Waals surface area contributed by atoms with Gasteiger partial charge in [-0.25, -0.2) is 9.37 Å². The first-order chi connectivity index (χ1) is 8.15. The number of nitrogens with one attached hydrogen (secondary N) is 1. The molecule has 3 N–H and O–H groups in total. The number of hydrazone groups is 1. The molecule has 7 heteroatoms.